The quantitative estimate of drug-likeness (QED) is 0.438. The molecule has 30 heavy (non-hydrogen) atoms. The summed E-state index contributed by atoms with van der Waals surface area (Å²) in [7, 11) is 3.40. The van der Waals surface area contributed by atoms with Gasteiger partial charge >= 0.3 is 5.97 Å². The van der Waals surface area contributed by atoms with E-state index in [9.17, 15) is 4.79 Å². The van der Waals surface area contributed by atoms with Crippen LogP contribution in [0.3, 0.4) is 0 Å². The Bertz CT molecular complexity index is 985. The monoisotopic (exact) mass is 470 g/mol. The van der Waals surface area contributed by atoms with E-state index in [0.717, 1.165) is 21.5 Å². The van der Waals surface area contributed by atoms with Crippen LogP contribution in [0.1, 0.15) is 42.1 Å². The highest BCUT2D eigenvalue weighted by Crippen LogP contribution is 2.42. The van der Waals surface area contributed by atoms with E-state index in [2.05, 4.69) is 43.0 Å². The van der Waals surface area contributed by atoms with Crippen molar-refractivity contribution in [2.45, 2.75) is 31.6 Å². The van der Waals surface area contributed by atoms with E-state index in [4.69, 9.17) is 5.73 Å². The Morgan fingerprint density at radius 3 is 2.60 bits per heavy atom. The first kappa shape index (κ1) is 22.0. The van der Waals surface area contributed by atoms with E-state index in [1.54, 1.807) is 6.33 Å². The van der Waals surface area contributed by atoms with E-state index < -0.39 is 0 Å². The molecule has 0 spiro atoms. The third-order valence-electron chi connectivity index (χ3n) is 5.38. The van der Waals surface area contributed by atoms with E-state index in [1.165, 1.54) is 31.9 Å². The number of hydrogen-bond acceptors (Lipinski definition) is 5. The van der Waals surface area contributed by atoms with Crippen LogP contribution in [0.5, 0.6) is 0 Å². The minimum atomic E-state index is -0.215. The minimum Gasteiger partial charge on any atom is -0.469 e. The van der Waals surface area contributed by atoms with Crippen molar-refractivity contribution in [3.63, 3.8) is 0 Å². The Hall–Kier alpha value is -2.67. The summed E-state index contributed by atoms with van der Waals surface area (Å²) in [5, 5.41) is 8.31. The molecule has 1 aliphatic carbocycles. The first-order valence-electron chi connectivity index (χ1n) is 9.98. The highest BCUT2D eigenvalue weighted by atomic mass is 79.9. The summed E-state index contributed by atoms with van der Waals surface area (Å²) in [5.41, 5.74) is 8.94. The molecular weight excluding hydrogens is 444 g/mol. The summed E-state index contributed by atoms with van der Waals surface area (Å²) in [6.45, 7) is 0. The van der Waals surface area contributed by atoms with Gasteiger partial charge in [-0.15, -0.1) is 10.2 Å². The van der Waals surface area contributed by atoms with Gasteiger partial charge in [-0.25, -0.2) is 0 Å². The maximum Gasteiger partial charge on any atom is 0.309 e. The SMILES string of the molecule is COC(=O)Cc1cccc(Br)c1.Cn1cnnc1C(c1cccc(N)c1)C1CCC1. The maximum absolute atomic E-state index is 10.9. The van der Waals surface area contributed by atoms with Gasteiger partial charge < -0.3 is 15.0 Å². The smallest absolute Gasteiger partial charge is 0.309 e. The van der Waals surface area contributed by atoms with Crippen LogP contribution in [0.4, 0.5) is 5.69 Å². The van der Waals surface area contributed by atoms with Gasteiger partial charge in [0.15, 0.2) is 0 Å². The zero-order valence-electron chi connectivity index (χ0n) is 17.3. The summed E-state index contributed by atoms with van der Waals surface area (Å²) in [6.07, 6.45) is 5.96. The van der Waals surface area contributed by atoms with Crippen molar-refractivity contribution in [1.82, 2.24) is 14.8 Å². The molecule has 0 amide bonds. The fraction of sp³-hybridized carbons (Fsp3) is 0.348. The molecule has 7 heteroatoms. The zero-order chi connectivity index (χ0) is 21.5. The highest BCUT2D eigenvalue weighted by molar-refractivity contribution is 9.10. The Morgan fingerprint density at radius 1 is 1.27 bits per heavy atom. The Kier molecular flexibility index (Phi) is 7.63. The maximum atomic E-state index is 10.9. The van der Waals surface area contributed by atoms with Gasteiger partial charge in [-0.05, 0) is 54.2 Å². The van der Waals surface area contributed by atoms with Crippen molar-refractivity contribution >= 4 is 27.6 Å². The number of methoxy groups -OCH3 is 1. The molecule has 3 aromatic rings. The van der Waals surface area contributed by atoms with Gasteiger partial charge in [0.25, 0.3) is 0 Å². The first-order chi connectivity index (χ1) is 14.5. The van der Waals surface area contributed by atoms with Crippen LogP contribution in [-0.2, 0) is 23.0 Å². The van der Waals surface area contributed by atoms with Crippen LogP contribution in [0.15, 0.2) is 59.3 Å². The molecule has 0 aliphatic heterocycles. The Labute approximate surface area is 185 Å². The average Bonchev–Trinajstić information content (AvgIpc) is 3.10. The molecule has 1 aromatic heterocycles. The van der Waals surface area contributed by atoms with Crippen molar-refractivity contribution in [2.24, 2.45) is 13.0 Å². The number of ether oxygens (including phenoxy) is 1. The zero-order valence-corrected chi connectivity index (χ0v) is 18.9. The number of carbonyl (C=O) groups is 1. The van der Waals surface area contributed by atoms with Crippen molar-refractivity contribution in [2.75, 3.05) is 12.8 Å². The van der Waals surface area contributed by atoms with Crippen LogP contribution in [0.25, 0.3) is 0 Å². The lowest BCUT2D eigenvalue weighted by molar-refractivity contribution is -0.139. The molecule has 1 aliphatic rings. The van der Waals surface area contributed by atoms with Crippen molar-refractivity contribution in [3.8, 4) is 0 Å². The number of anilines is 1. The molecule has 158 valence electrons. The number of carbonyl (C=O) groups excluding carboxylic acids is 1. The number of aromatic nitrogens is 3. The fourth-order valence-electron chi connectivity index (χ4n) is 3.62. The molecular formula is C23H27BrN4O2. The van der Waals surface area contributed by atoms with Crippen molar-refractivity contribution < 1.29 is 9.53 Å². The van der Waals surface area contributed by atoms with E-state index >= 15 is 0 Å². The third-order valence-corrected chi connectivity index (χ3v) is 5.87. The second-order valence-corrected chi connectivity index (χ2v) is 8.44. The van der Waals surface area contributed by atoms with Gasteiger partial charge in [0.2, 0.25) is 0 Å². The fourth-order valence-corrected chi connectivity index (χ4v) is 4.06. The van der Waals surface area contributed by atoms with Crippen LogP contribution in [0, 0.1) is 5.92 Å². The number of benzene rings is 2. The lowest BCUT2D eigenvalue weighted by Crippen LogP contribution is -2.24. The van der Waals surface area contributed by atoms with Crippen LogP contribution in [0.2, 0.25) is 0 Å². The van der Waals surface area contributed by atoms with E-state index in [-0.39, 0.29) is 5.97 Å². The number of rotatable bonds is 5. The van der Waals surface area contributed by atoms with Gasteiger partial charge in [0, 0.05) is 23.1 Å². The normalized spacial score (nSPS) is 14.2. The lowest BCUT2D eigenvalue weighted by atomic mass is 9.72. The average molecular weight is 471 g/mol. The van der Waals surface area contributed by atoms with Gasteiger partial charge in [-0.1, -0.05) is 46.6 Å². The standard InChI is InChI=1S/C14H18N4.C9H9BrO2/c1-18-9-16-17-14(18)13(10-4-2-5-10)11-6-3-7-12(15)8-11;1-12-9(11)6-7-3-2-4-8(10)5-7/h3,6-10,13H,2,4-5,15H2,1H3;2-5H,6H2,1H3. The molecule has 0 radical (unpaired) electrons. The number of halogens is 1. The first-order valence-corrected chi connectivity index (χ1v) is 10.8. The second-order valence-electron chi connectivity index (χ2n) is 7.52. The second kappa shape index (κ2) is 10.4. The van der Waals surface area contributed by atoms with Crippen molar-refractivity contribution in [3.05, 3.63) is 76.3 Å². The number of nitrogen functional groups attached to an aromatic ring is 1. The molecule has 2 N–H and O–H groups in total. The van der Waals surface area contributed by atoms with Gasteiger partial charge in [-0.2, -0.15) is 0 Å². The summed E-state index contributed by atoms with van der Waals surface area (Å²) < 4.78 is 7.54. The highest BCUT2D eigenvalue weighted by Gasteiger charge is 2.32. The summed E-state index contributed by atoms with van der Waals surface area (Å²) in [5.74, 6) is 1.84. The van der Waals surface area contributed by atoms with Crippen LogP contribution in [-0.4, -0.2) is 27.8 Å². The molecule has 1 atom stereocenters. The number of esters is 1. The minimum absolute atomic E-state index is 0.215. The molecule has 1 heterocycles. The Morgan fingerprint density at radius 2 is 2.03 bits per heavy atom. The molecule has 4 rings (SSSR count). The molecule has 0 bridgehead atoms. The van der Waals surface area contributed by atoms with Gasteiger partial charge in [0.05, 0.1) is 13.5 Å². The van der Waals surface area contributed by atoms with Gasteiger partial charge in [0.1, 0.15) is 12.2 Å². The Balaban J connectivity index is 0.000000187. The molecule has 0 saturated heterocycles. The number of hydrogen-bond donors (Lipinski definition) is 1. The van der Waals surface area contributed by atoms with Gasteiger partial charge in [-0.3, -0.25) is 4.79 Å². The third kappa shape index (κ3) is 5.69. The topological polar surface area (TPSA) is 83.0 Å². The number of nitrogens with two attached hydrogens (primary N) is 1. The summed E-state index contributed by atoms with van der Waals surface area (Å²) >= 11 is 3.32. The van der Waals surface area contributed by atoms with E-state index in [0.29, 0.717) is 18.3 Å². The van der Waals surface area contributed by atoms with Crippen LogP contribution >= 0.6 is 15.9 Å². The number of aryl methyl sites for hydroxylation is 1. The summed E-state index contributed by atoms with van der Waals surface area (Å²) in [6, 6.07) is 15.8. The molecule has 1 unspecified atom stereocenters. The number of nitrogens with zero attached hydrogens (tertiary/aromatic N) is 3. The molecule has 2 aromatic carbocycles. The van der Waals surface area contributed by atoms with E-state index in [1.807, 2.05) is 48.0 Å². The molecule has 6 nitrogen and oxygen atoms in total. The predicted octanol–water partition coefficient (Wildman–Crippen LogP) is 4.49. The van der Waals surface area contributed by atoms with Crippen LogP contribution < -0.4 is 5.73 Å². The lowest BCUT2D eigenvalue weighted by Gasteiger charge is -2.33. The predicted molar refractivity (Wildman–Crippen MR) is 121 cm³/mol. The molecule has 1 saturated carbocycles. The van der Waals surface area contributed by atoms with Crippen molar-refractivity contribution in [1.29, 1.82) is 0 Å². The largest absolute Gasteiger partial charge is 0.469 e. The molecule has 1 fully saturated rings. The summed E-state index contributed by atoms with van der Waals surface area (Å²) in [4.78, 5) is 10.9.